The van der Waals surface area contributed by atoms with Crippen LogP contribution in [0, 0.1) is 0 Å². The number of esters is 1. The molecular weight excluding hydrogens is 204 g/mol. The predicted octanol–water partition coefficient (Wildman–Crippen LogP) is 2.85. The molecule has 1 rings (SSSR count). The van der Waals surface area contributed by atoms with Crippen LogP contribution >= 0.6 is 0 Å². The molecule has 0 atom stereocenters. The molecule has 0 aliphatic carbocycles. The molecule has 0 saturated carbocycles. The van der Waals surface area contributed by atoms with E-state index >= 15 is 0 Å². The van der Waals surface area contributed by atoms with E-state index in [2.05, 4.69) is 11.7 Å². The fourth-order valence-electron chi connectivity index (χ4n) is 0.980. The first-order chi connectivity index (χ1) is 7.76. The maximum atomic E-state index is 10.8. The van der Waals surface area contributed by atoms with Gasteiger partial charge in [0.25, 0.3) is 0 Å². The molecule has 3 nitrogen and oxygen atoms in total. The zero-order valence-corrected chi connectivity index (χ0v) is 9.81. The van der Waals surface area contributed by atoms with Crippen LogP contribution in [0.4, 0.5) is 0 Å². The van der Waals surface area contributed by atoms with Gasteiger partial charge in [0.1, 0.15) is 6.29 Å². The molecule has 0 amide bonds. The highest BCUT2D eigenvalue weighted by atomic mass is 16.5. The Kier molecular flexibility index (Phi) is 8.88. The summed E-state index contributed by atoms with van der Waals surface area (Å²) in [4.78, 5) is 20.4. The molecular formula is C13H18O3. The summed E-state index contributed by atoms with van der Waals surface area (Å²) in [5, 5.41) is 0. The lowest BCUT2D eigenvalue weighted by molar-refractivity contribution is -0.107. The summed E-state index contributed by atoms with van der Waals surface area (Å²) in [5.74, 6) is -0.291. The van der Waals surface area contributed by atoms with Crippen LogP contribution < -0.4 is 0 Å². The topological polar surface area (TPSA) is 43.4 Å². The molecule has 16 heavy (non-hydrogen) atoms. The van der Waals surface area contributed by atoms with Gasteiger partial charge in [-0.05, 0) is 18.6 Å². The minimum Gasteiger partial charge on any atom is -0.465 e. The summed E-state index contributed by atoms with van der Waals surface area (Å²) in [6.07, 6.45) is 3.86. The van der Waals surface area contributed by atoms with Crippen molar-refractivity contribution >= 4 is 12.3 Å². The summed E-state index contributed by atoms with van der Waals surface area (Å²) >= 11 is 0. The highest BCUT2D eigenvalue weighted by Gasteiger charge is 2.00. The number of carbonyl (C=O) groups excluding carboxylic acids is 2. The highest BCUT2D eigenvalue weighted by Crippen LogP contribution is 1.98. The van der Waals surface area contributed by atoms with Gasteiger partial charge in [-0.15, -0.1) is 0 Å². The molecule has 0 N–H and O–H groups in total. The van der Waals surface area contributed by atoms with E-state index in [9.17, 15) is 9.59 Å². The van der Waals surface area contributed by atoms with Crippen molar-refractivity contribution in [3.63, 3.8) is 0 Å². The van der Waals surface area contributed by atoms with Crippen molar-refractivity contribution in [3.05, 3.63) is 35.9 Å². The quantitative estimate of drug-likeness (QED) is 0.447. The first kappa shape index (κ1) is 14.4. The van der Waals surface area contributed by atoms with Crippen molar-refractivity contribution < 1.29 is 14.3 Å². The number of hydrogen-bond acceptors (Lipinski definition) is 3. The Morgan fingerprint density at radius 2 is 1.94 bits per heavy atom. The van der Waals surface area contributed by atoms with Gasteiger partial charge in [-0.1, -0.05) is 31.5 Å². The van der Waals surface area contributed by atoms with Crippen LogP contribution in [0.3, 0.4) is 0 Å². The second kappa shape index (κ2) is 9.90. The number of aldehydes is 1. The Balaban J connectivity index is 0.000000325. The summed E-state index contributed by atoms with van der Waals surface area (Å²) in [7, 11) is 1.37. The van der Waals surface area contributed by atoms with E-state index in [-0.39, 0.29) is 5.97 Å². The fourth-order valence-corrected chi connectivity index (χ4v) is 0.980. The van der Waals surface area contributed by atoms with Gasteiger partial charge in [0.2, 0.25) is 0 Å². The molecule has 0 bridgehead atoms. The molecule has 0 aliphatic heterocycles. The number of methoxy groups -OCH3 is 1. The molecule has 0 spiro atoms. The second-order valence-electron chi connectivity index (χ2n) is 3.17. The summed E-state index contributed by atoms with van der Waals surface area (Å²) in [6, 6.07) is 8.88. The van der Waals surface area contributed by atoms with E-state index in [1.54, 1.807) is 24.3 Å². The number of hydrogen-bond donors (Lipinski definition) is 0. The van der Waals surface area contributed by atoms with Gasteiger partial charge in [-0.2, -0.15) is 0 Å². The third-order valence-electron chi connectivity index (χ3n) is 1.87. The predicted molar refractivity (Wildman–Crippen MR) is 63.4 cm³/mol. The normalized spacial score (nSPS) is 8.62. The van der Waals surface area contributed by atoms with E-state index in [1.807, 2.05) is 6.07 Å². The van der Waals surface area contributed by atoms with Gasteiger partial charge in [-0.25, -0.2) is 4.79 Å². The lowest BCUT2D eigenvalue weighted by atomic mass is 10.2. The van der Waals surface area contributed by atoms with E-state index < -0.39 is 0 Å². The van der Waals surface area contributed by atoms with Gasteiger partial charge < -0.3 is 9.53 Å². The largest absolute Gasteiger partial charge is 0.465 e. The molecule has 1 aromatic carbocycles. The Morgan fingerprint density at radius 1 is 1.31 bits per heavy atom. The molecule has 0 aromatic heterocycles. The molecule has 0 radical (unpaired) electrons. The Labute approximate surface area is 96.4 Å². The molecule has 3 heteroatoms. The Bertz CT molecular complexity index is 293. The Hall–Kier alpha value is -1.64. The van der Waals surface area contributed by atoms with E-state index in [0.29, 0.717) is 5.56 Å². The summed E-state index contributed by atoms with van der Waals surface area (Å²) in [5.41, 5.74) is 0.588. The third-order valence-corrected chi connectivity index (χ3v) is 1.87. The minimum absolute atomic E-state index is 0.291. The van der Waals surface area contributed by atoms with Gasteiger partial charge in [0, 0.05) is 6.42 Å². The molecule has 0 fully saturated rings. The smallest absolute Gasteiger partial charge is 0.337 e. The maximum absolute atomic E-state index is 10.8. The van der Waals surface area contributed by atoms with Gasteiger partial charge in [0.15, 0.2) is 0 Å². The van der Waals surface area contributed by atoms with E-state index in [1.165, 1.54) is 7.11 Å². The summed E-state index contributed by atoms with van der Waals surface area (Å²) in [6.45, 7) is 2.07. The number of rotatable bonds is 4. The zero-order chi connectivity index (χ0) is 12.2. The van der Waals surface area contributed by atoms with Crippen LogP contribution in [0.15, 0.2) is 30.3 Å². The van der Waals surface area contributed by atoms with Crippen molar-refractivity contribution in [1.29, 1.82) is 0 Å². The maximum Gasteiger partial charge on any atom is 0.337 e. The van der Waals surface area contributed by atoms with E-state index in [4.69, 9.17) is 0 Å². The van der Waals surface area contributed by atoms with E-state index in [0.717, 1.165) is 25.5 Å². The standard InChI is InChI=1S/C8H8O2.C5H10O/c1-10-8(9)7-5-3-2-4-6-7;1-2-3-4-5-6/h2-6H,1H3;5H,2-4H2,1H3. The molecule has 0 saturated heterocycles. The van der Waals surface area contributed by atoms with Gasteiger partial charge in [0.05, 0.1) is 12.7 Å². The van der Waals surface area contributed by atoms with Crippen molar-refractivity contribution in [2.24, 2.45) is 0 Å². The SMILES string of the molecule is CCCCC=O.COC(=O)c1ccccc1. The van der Waals surface area contributed by atoms with Gasteiger partial charge >= 0.3 is 5.97 Å². The number of benzene rings is 1. The second-order valence-corrected chi connectivity index (χ2v) is 3.17. The third kappa shape index (κ3) is 6.76. The monoisotopic (exact) mass is 222 g/mol. The number of carbonyl (C=O) groups is 2. The lowest BCUT2D eigenvalue weighted by Crippen LogP contribution is -1.99. The lowest BCUT2D eigenvalue weighted by Gasteiger charge is -1.95. The van der Waals surface area contributed by atoms with Crippen LogP contribution in [0.2, 0.25) is 0 Å². The Morgan fingerprint density at radius 3 is 2.31 bits per heavy atom. The number of unbranched alkanes of at least 4 members (excludes halogenated alkanes) is 2. The van der Waals surface area contributed by atoms with Crippen molar-refractivity contribution in [2.45, 2.75) is 26.2 Å². The van der Waals surface area contributed by atoms with Gasteiger partial charge in [-0.3, -0.25) is 0 Å². The average Bonchev–Trinajstić information content (AvgIpc) is 2.37. The van der Waals surface area contributed by atoms with Crippen molar-refractivity contribution in [2.75, 3.05) is 7.11 Å². The van der Waals surface area contributed by atoms with Crippen molar-refractivity contribution in [1.82, 2.24) is 0 Å². The van der Waals surface area contributed by atoms with Crippen LogP contribution in [0.1, 0.15) is 36.5 Å². The summed E-state index contributed by atoms with van der Waals surface area (Å²) < 4.78 is 4.50. The average molecular weight is 222 g/mol. The van der Waals surface area contributed by atoms with Crippen molar-refractivity contribution in [3.8, 4) is 0 Å². The molecule has 88 valence electrons. The van der Waals surface area contributed by atoms with Crippen LogP contribution in [-0.2, 0) is 9.53 Å². The fraction of sp³-hybridized carbons (Fsp3) is 0.385. The number of ether oxygens (including phenoxy) is 1. The minimum atomic E-state index is -0.291. The van der Waals surface area contributed by atoms with Crippen LogP contribution in [-0.4, -0.2) is 19.4 Å². The molecule has 0 heterocycles. The highest BCUT2D eigenvalue weighted by molar-refractivity contribution is 5.89. The first-order valence-corrected chi connectivity index (χ1v) is 5.33. The molecule has 0 aliphatic rings. The molecule has 0 unspecified atom stereocenters. The first-order valence-electron chi connectivity index (χ1n) is 5.33. The zero-order valence-electron chi connectivity index (χ0n) is 9.81. The molecule has 1 aromatic rings. The van der Waals surface area contributed by atoms with Crippen LogP contribution in [0.25, 0.3) is 0 Å². The van der Waals surface area contributed by atoms with Crippen LogP contribution in [0.5, 0.6) is 0 Å².